The number of aromatic nitrogens is 5. The molecule has 10 heteroatoms. The van der Waals surface area contributed by atoms with Gasteiger partial charge in [-0.2, -0.15) is 0 Å². The number of amides is 1. The fourth-order valence-corrected chi connectivity index (χ4v) is 3.12. The van der Waals surface area contributed by atoms with Crippen molar-refractivity contribution in [2.75, 3.05) is 19.5 Å². The van der Waals surface area contributed by atoms with Gasteiger partial charge in [-0.25, -0.2) is 14.4 Å². The summed E-state index contributed by atoms with van der Waals surface area (Å²) in [6.07, 6.45) is 7.69. The number of rotatable bonds is 7. The highest BCUT2D eigenvalue weighted by Crippen LogP contribution is 2.24. The molecule has 0 radical (unpaired) electrons. The lowest BCUT2D eigenvalue weighted by molar-refractivity contribution is 0.0962. The lowest BCUT2D eigenvalue weighted by Crippen LogP contribution is -2.18. The van der Waals surface area contributed by atoms with Gasteiger partial charge in [0.2, 0.25) is 5.95 Å². The molecule has 0 fully saturated rings. The first-order valence-electron chi connectivity index (χ1n) is 9.53. The number of nitrogens with one attached hydrogen (secondary N) is 2. The molecule has 0 aliphatic rings. The van der Waals surface area contributed by atoms with Crippen molar-refractivity contribution in [3.8, 4) is 5.75 Å². The Kier molecular flexibility index (Phi) is 5.69. The summed E-state index contributed by atoms with van der Waals surface area (Å²) in [6.45, 7) is 0. The number of methoxy groups -OCH3 is 1. The van der Waals surface area contributed by atoms with E-state index in [-0.39, 0.29) is 11.7 Å². The molecule has 0 unspecified atom stereocenters. The van der Waals surface area contributed by atoms with E-state index in [9.17, 15) is 9.18 Å². The van der Waals surface area contributed by atoms with Crippen LogP contribution in [0.25, 0.3) is 5.65 Å². The Labute approximate surface area is 177 Å². The van der Waals surface area contributed by atoms with Crippen LogP contribution in [-0.4, -0.2) is 44.6 Å². The van der Waals surface area contributed by atoms with E-state index in [1.54, 1.807) is 23.1 Å². The molecule has 0 saturated carbocycles. The van der Waals surface area contributed by atoms with Gasteiger partial charge < -0.3 is 15.4 Å². The first-order valence-corrected chi connectivity index (χ1v) is 9.53. The van der Waals surface area contributed by atoms with Gasteiger partial charge in [-0.1, -0.05) is 0 Å². The number of ether oxygens (including phenoxy) is 1. The zero-order valence-corrected chi connectivity index (χ0v) is 17.0. The van der Waals surface area contributed by atoms with Gasteiger partial charge in [0.25, 0.3) is 5.91 Å². The number of nitrogens with zero attached hydrogens (tertiary/aromatic N) is 5. The number of aryl methyl sites for hydroxylation is 2. The molecule has 4 aromatic rings. The van der Waals surface area contributed by atoms with Crippen LogP contribution in [0.15, 0.2) is 49.2 Å². The molecule has 0 saturated heterocycles. The molecule has 1 amide bonds. The van der Waals surface area contributed by atoms with Crippen LogP contribution in [0.1, 0.15) is 21.5 Å². The monoisotopic (exact) mass is 421 g/mol. The maximum atomic E-state index is 14.6. The summed E-state index contributed by atoms with van der Waals surface area (Å²) in [4.78, 5) is 20.6. The van der Waals surface area contributed by atoms with Gasteiger partial charge in [-0.15, -0.1) is 10.2 Å². The Bertz CT molecular complexity index is 1220. The van der Waals surface area contributed by atoms with Crippen molar-refractivity contribution in [3.05, 3.63) is 71.7 Å². The molecular formula is C21H20FN7O2. The van der Waals surface area contributed by atoms with Crippen molar-refractivity contribution in [2.45, 2.75) is 12.8 Å². The van der Waals surface area contributed by atoms with Crippen LogP contribution < -0.4 is 15.4 Å². The summed E-state index contributed by atoms with van der Waals surface area (Å²) in [5.41, 5.74) is 3.11. The van der Waals surface area contributed by atoms with Crippen molar-refractivity contribution in [3.63, 3.8) is 0 Å². The van der Waals surface area contributed by atoms with E-state index < -0.39 is 5.82 Å². The Morgan fingerprint density at radius 2 is 2.00 bits per heavy atom. The molecule has 3 heterocycles. The standard InChI is InChI=1S/C21H20FN7O2/c1-23-20(30)15-7-14(19(22)17(8-15)31-2)4-3-13-9-24-21(25-10-13)27-16-5-6-18-28-26-12-29(18)11-16/h5-12H,3-4H2,1-2H3,(H,23,30)(H,24,25,27). The van der Waals surface area contributed by atoms with E-state index in [0.717, 1.165) is 16.9 Å². The number of pyridine rings is 1. The Morgan fingerprint density at radius 3 is 2.74 bits per heavy atom. The number of carbonyl (C=O) groups excluding carboxylic acids is 1. The van der Waals surface area contributed by atoms with E-state index in [1.165, 1.54) is 26.3 Å². The number of halogens is 1. The Hall–Kier alpha value is -4.08. The predicted octanol–water partition coefficient (Wildman–Crippen LogP) is 2.56. The first-order chi connectivity index (χ1) is 15.1. The molecule has 0 atom stereocenters. The van der Waals surface area contributed by atoms with E-state index in [1.807, 2.05) is 18.3 Å². The van der Waals surface area contributed by atoms with Crippen molar-refractivity contribution >= 4 is 23.2 Å². The third-order valence-electron chi connectivity index (χ3n) is 4.76. The van der Waals surface area contributed by atoms with Gasteiger partial charge in [0.05, 0.1) is 12.8 Å². The zero-order chi connectivity index (χ0) is 21.8. The maximum Gasteiger partial charge on any atom is 0.251 e. The third-order valence-corrected chi connectivity index (χ3v) is 4.76. The van der Waals surface area contributed by atoms with Crippen molar-refractivity contribution in [2.24, 2.45) is 0 Å². The van der Waals surface area contributed by atoms with Gasteiger partial charge in [0, 0.05) is 31.2 Å². The molecule has 31 heavy (non-hydrogen) atoms. The fraction of sp³-hybridized carbons (Fsp3) is 0.190. The molecule has 3 aromatic heterocycles. The van der Waals surface area contributed by atoms with Crippen molar-refractivity contribution in [1.82, 2.24) is 29.9 Å². The van der Waals surface area contributed by atoms with Crippen LogP contribution in [0.2, 0.25) is 0 Å². The maximum absolute atomic E-state index is 14.6. The Balaban J connectivity index is 1.45. The van der Waals surface area contributed by atoms with E-state index in [2.05, 4.69) is 30.8 Å². The smallest absolute Gasteiger partial charge is 0.251 e. The lowest BCUT2D eigenvalue weighted by atomic mass is 10.0. The number of hydrogen-bond acceptors (Lipinski definition) is 7. The first kappa shape index (κ1) is 20.2. The largest absolute Gasteiger partial charge is 0.494 e. The topological polar surface area (TPSA) is 106 Å². The number of hydrogen-bond donors (Lipinski definition) is 2. The fourth-order valence-electron chi connectivity index (χ4n) is 3.12. The summed E-state index contributed by atoms with van der Waals surface area (Å²) in [7, 11) is 2.89. The summed E-state index contributed by atoms with van der Waals surface area (Å²) >= 11 is 0. The molecule has 158 valence electrons. The molecule has 2 N–H and O–H groups in total. The molecule has 0 spiro atoms. The highest BCUT2D eigenvalue weighted by atomic mass is 19.1. The number of fused-ring (bicyclic) bond motifs is 1. The summed E-state index contributed by atoms with van der Waals surface area (Å²) < 4.78 is 21.5. The van der Waals surface area contributed by atoms with Gasteiger partial charge in [0.15, 0.2) is 17.2 Å². The van der Waals surface area contributed by atoms with Crippen LogP contribution in [0.5, 0.6) is 5.75 Å². The van der Waals surface area contributed by atoms with Crippen LogP contribution in [-0.2, 0) is 12.8 Å². The van der Waals surface area contributed by atoms with E-state index in [4.69, 9.17) is 4.74 Å². The van der Waals surface area contributed by atoms with Crippen LogP contribution in [0.4, 0.5) is 16.0 Å². The minimum Gasteiger partial charge on any atom is -0.494 e. The predicted molar refractivity (Wildman–Crippen MR) is 112 cm³/mol. The molecule has 9 nitrogen and oxygen atoms in total. The van der Waals surface area contributed by atoms with Crippen LogP contribution >= 0.6 is 0 Å². The quantitative estimate of drug-likeness (QED) is 0.472. The molecule has 0 bridgehead atoms. The minimum atomic E-state index is -0.473. The average Bonchev–Trinajstić information content (AvgIpc) is 3.26. The number of anilines is 2. The second-order valence-electron chi connectivity index (χ2n) is 6.78. The minimum absolute atomic E-state index is 0.0389. The summed E-state index contributed by atoms with van der Waals surface area (Å²) in [6, 6.07) is 6.61. The van der Waals surface area contributed by atoms with Gasteiger partial charge in [-0.3, -0.25) is 9.20 Å². The average molecular weight is 421 g/mol. The number of benzene rings is 1. The van der Waals surface area contributed by atoms with Gasteiger partial charge in [-0.05, 0) is 48.2 Å². The third kappa shape index (κ3) is 4.42. The highest BCUT2D eigenvalue weighted by molar-refractivity contribution is 5.94. The molecule has 0 aliphatic heterocycles. The van der Waals surface area contributed by atoms with Crippen LogP contribution in [0, 0.1) is 5.82 Å². The van der Waals surface area contributed by atoms with Crippen molar-refractivity contribution in [1.29, 1.82) is 0 Å². The number of carbonyl (C=O) groups is 1. The van der Waals surface area contributed by atoms with Crippen LogP contribution in [0.3, 0.4) is 0 Å². The molecule has 4 rings (SSSR count). The summed E-state index contributed by atoms with van der Waals surface area (Å²) in [5.74, 6) is -0.302. The van der Waals surface area contributed by atoms with E-state index in [0.29, 0.717) is 29.9 Å². The van der Waals surface area contributed by atoms with Crippen molar-refractivity contribution < 1.29 is 13.9 Å². The highest BCUT2D eigenvalue weighted by Gasteiger charge is 2.15. The second kappa shape index (κ2) is 8.74. The van der Waals surface area contributed by atoms with Gasteiger partial charge >= 0.3 is 0 Å². The van der Waals surface area contributed by atoms with E-state index >= 15 is 0 Å². The molecule has 0 aliphatic carbocycles. The van der Waals surface area contributed by atoms with Gasteiger partial charge in [0.1, 0.15) is 6.33 Å². The normalized spacial score (nSPS) is 10.8. The molecular weight excluding hydrogens is 401 g/mol. The zero-order valence-electron chi connectivity index (χ0n) is 17.0. The molecule has 1 aromatic carbocycles. The lowest BCUT2D eigenvalue weighted by Gasteiger charge is -2.11. The summed E-state index contributed by atoms with van der Waals surface area (Å²) in [5, 5.41) is 13.5. The Morgan fingerprint density at radius 1 is 1.19 bits per heavy atom. The SMILES string of the molecule is CNC(=O)c1cc(CCc2cnc(Nc3ccc4nncn4c3)nc2)c(F)c(OC)c1. The second-order valence-corrected chi connectivity index (χ2v) is 6.78.